The fourth-order valence-corrected chi connectivity index (χ4v) is 15.7. The zero-order chi connectivity index (χ0) is 23.1. The summed E-state index contributed by atoms with van der Waals surface area (Å²) in [6.45, 7) is 6.99. The number of rotatable bonds is 15. The third-order valence-corrected chi connectivity index (χ3v) is 16.3. The number of hydrogen-bond acceptors (Lipinski definition) is 0. The third kappa shape index (κ3) is 6.16. The van der Waals surface area contributed by atoms with E-state index in [1.807, 2.05) is 14.5 Å². The molecule has 0 aromatic carbocycles. The molecule has 0 amide bonds. The Morgan fingerprint density at radius 2 is 1.52 bits per heavy atom. The molecule has 182 valence electrons. The van der Waals surface area contributed by atoms with Crippen LogP contribution in [0.4, 0.5) is 0 Å². The molecule has 2 unspecified atom stereocenters. The first-order valence-electron chi connectivity index (χ1n) is 13.8. The van der Waals surface area contributed by atoms with E-state index in [0.29, 0.717) is 48.7 Å². The van der Waals surface area contributed by atoms with Gasteiger partial charge in [0.15, 0.2) is 0 Å². The van der Waals surface area contributed by atoms with Gasteiger partial charge in [-0.3, -0.25) is 0 Å². The van der Waals surface area contributed by atoms with Crippen LogP contribution < -0.4 is 0 Å². The van der Waals surface area contributed by atoms with Crippen LogP contribution in [0, 0.1) is 0 Å². The van der Waals surface area contributed by atoms with Crippen molar-refractivity contribution in [3.05, 3.63) is 41.6 Å². The molecule has 3 aliphatic rings. The number of fused-ring (bicyclic) bond motifs is 2. The molecule has 4 rings (SSSR count). The van der Waals surface area contributed by atoms with E-state index in [9.17, 15) is 0 Å². The molecule has 1 aromatic rings. The molecule has 1 spiro atoms. The van der Waals surface area contributed by atoms with E-state index in [2.05, 4.69) is 43.9 Å². The number of aryl methyl sites for hydroxylation is 1. The van der Waals surface area contributed by atoms with E-state index in [4.69, 9.17) is 0 Å². The van der Waals surface area contributed by atoms with E-state index in [0.717, 1.165) is 4.82 Å². The SMILES string of the molecule is CCCCCCC1=CC23[Se]C(CCCCCC)C=C2c2[se]cc(CCCCCC)c2C=C3[Se]1. The van der Waals surface area contributed by atoms with Crippen LogP contribution in [-0.2, 0) is 6.42 Å². The fourth-order valence-electron chi connectivity index (χ4n) is 5.47. The van der Waals surface area contributed by atoms with Crippen molar-refractivity contribution >= 4 is 56.1 Å². The summed E-state index contributed by atoms with van der Waals surface area (Å²) in [5, 5.41) is 0. The summed E-state index contributed by atoms with van der Waals surface area (Å²) in [6, 6.07) is 0. The number of unbranched alkanes of at least 4 members (excludes halogenated alkanes) is 9. The van der Waals surface area contributed by atoms with Gasteiger partial charge in [-0.1, -0.05) is 0 Å². The molecule has 0 fully saturated rings. The standard InChI is InChI=1S/C30H44Se3/c1-4-7-10-13-16-23-22-31-29-26(23)20-28-30(21-25(32-28)18-15-12-9-6-3)27(29)19-24(33-30)17-14-11-8-5-2/h19-22,24H,4-18H2,1-3H3. The molecule has 33 heavy (non-hydrogen) atoms. The first kappa shape index (κ1) is 26.3. The van der Waals surface area contributed by atoms with Crippen molar-refractivity contribution < 1.29 is 0 Å². The Kier molecular flexibility index (Phi) is 10.4. The van der Waals surface area contributed by atoms with Gasteiger partial charge in [0.2, 0.25) is 0 Å². The van der Waals surface area contributed by atoms with Gasteiger partial charge in [0.1, 0.15) is 0 Å². The first-order chi connectivity index (χ1) is 16.2. The van der Waals surface area contributed by atoms with Crippen molar-refractivity contribution in [1.82, 2.24) is 0 Å². The van der Waals surface area contributed by atoms with Crippen LogP contribution in [-0.4, -0.2) is 44.4 Å². The minimum absolute atomic E-state index is 0.384. The maximum absolute atomic E-state index is 2.85. The Morgan fingerprint density at radius 1 is 0.818 bits per heavy atom. The average Bonchev–Trinajstić information content (AvgIpc) is 3.49. The van der Waals surface area contributed by atoms with Gasteiger partial charge in [0.25, 0.3) is 0 Å². The summed E-state index contributed by atoms with van der Waals surface area (Å²) in [5.41, 5.74) is 5.24. The molecule has 0 radical (unpaired) electrons. The van der Waals surface area contributed by atoms with Gasteiger partial charge in [-0.05, 0) is 0 Å². The summed E-state index contributed by atoms with van der Waals surface area (Å²) < 4.78 is 5.88. The first-order valence-corrected chi connectivity index (χ1v) is 19.2. The number of hydrogen-bond donors (Lipinski definition) is 0. The van der Waals surface area contributed by atoms with Crippen LogP contribution >= 0.6 is 0 Å². The Bertz CT molecular complexity index is 871. The molecule has 3 heteroatoms. The van der Waals surface area contributed by atoms with Crippen LogP contribution in [0.5, 0.6) is 0 Å². The predicted octanol–water partition coefficient (Wildman–Crippen LogP) is 8.81. The van der Waals surface area contributed by atoms with Crippen LogP contribution in [0.1, 0.15) is 126 Å². The minimum atomic E-state index is 0.384. The molecule has 1 aromatic heterocycles. The van der Waals surface area contributed by atoms with Gasteiger partial charge in [-0.25, -0.2) is 0 Å². The normalized spacial score (nSPS) is 23.1. The van der Waals surface area contributed by atoms with Crippen molar-refractivity contribution in [3.8, 4) is 0 Å². The molecular formula is C30H44Se3. The Balaban J connectivity index is 1.55. The van der Waals surface area contributed by atoms with Crippen molar-refractivity contribution in [1.29, 1.82) is 0 Å². The molecule has 0 saturated heterocycles. The zero-order valence-electron chi connectivity index (χ0n) is 21.2. The monoisotopic (exact) mass is 644 g/mol. The second-order valence-electron chi connectivity index (χ2n) is 10.2. The van der Waals surface area contributed by atoms with Crippen LogP contribution in [0.3, 0.4) is 0 Å². The summed E-state index contributed by atoms with van der Waals surface area (Å²) in [7, 11) is 0. The molecule has 0 N–H and O–H groups in total. The van der Waals surface area contributed by atoms with Crippen molar-refractivity contribution in [2.75, 3.05) is 0 Å². The van der Waals surface area contributed by atoms with Crippen molar-refractivity contribution in [2.45, 2.75) is 126 Å². The molecule has 2 aliphatic heterocycles. The van der Waals surface area contributed by atoms with Gasteiger partial charge >= 0.3 is 224 Å². The van der Waals surface area contributed by atoms with Gasteiger partial charge in [0, 0.05) is 0 Å². The molecule has 0 bridgehead atoms. The summed E-state index contributed by atoms with van der Waals surface area (Å²) >= 11 is 1.85. The van der Waals surface area contributed by atoms with Crippen molar-refractivity contribution in [2.24, 2.45) is 0 Å². The molecule has 2 atom stereocenters. The average molecular weight is 642 g/mol. The molecule has 1 aliphatic carbocycles. The Labute approximate surface area is 222 Å². The Hall–Kier alpha value is 0.258. The molecule has 0 saturated carbocycles. The summed E-state index contributed by atoms with van der Waals surface area (Å²) in [4.78, 5) is 3.54. The van der Waals surface area contributed by atoms with E-state index < -0.39 is 0 Å². The van der Waals surface area contributed by atoms with Crippen LogP contribution in [0.15, 0.2) is 26.0 Å². The summed E-state index contributed by atoms with van der Waals surface area (Å²) in [6.07, 6.45) is 29.3. The maximum atomic E-state index is 2.85. The van der Waals surface area contributed by atoms with Gasteiger partial charge in [-0.15, -0.1) is 0 Å². The van der Waals surface area contributed by atoms with E-state index >= 15 is 0 Å². The van der Waals surface area contributed by atoms with Gasteiger partial charge in [0.05, 0.1) is 0 Å². The van der Waals surface area contributed by atoms with Crippen molar-refractivity contribution in [3.63, 3.8) is 0 Å². The fraction of sp³-hybridized carbons (Fsp3) is 0.667. The van der Waals surface area contributed by atoms with E-state index in [1.165, 1.54) is 96.3 Å². The summed E-state index contributed by atoms with van der Waals surface area (Å²) in [5.74, 6) is 0. The van der Waals surface area contributed by atoms with Crippen LogP contribution in [0.2, 0.25) is 9.13 Å². The van der Waals surface area contributed by atoms with E-state index in [-0.39, 0.29) is 0 Å². The molecular weight excluding hydrogens is 597 g/mol. The quantitative estimate of drug-likeness (QED) is 0.133. The van der Waals surface area contributed by atoms with Crippen LogP contribution in [0.25, 0.3) is 11.6 Å². The third-order valence-electron chi connectivity index (χ3n) is 7.41. The molecule has 0 nitrogen and oxygen atoms in total. The Morgan fingerprint density at radius 3 is 2.24 bits per heavy atom. The zero-order valence-corrected chi connectivity index (χ0v) is 26.4. The van der Waals surface area contributed by atoms with Gasteiger partial charge in [-0.2, -0.15) is 0 Å². The topological polar surface area (TPSA) is 0 Å². The number of allylic oxidation sites excluding steroid dienone is 5. The van der Waals surface area contributed by atoms with Gasteiger partial charge < -0.3 is 0 Å². The second-order valence-corrected chi connectivity index (χ2v) is 17.6. The van der Waals surface area contributed by atoms with E-state index in [1.54, 1.807) is 15.6 Å². The second kappa shape index (κ2) is 13.0. The predicted molar refractivity (Wildman–Crippen MR) is 151 cm³/mol. The molecule has 3 heterocycles.